The van der Waals surface area contributed by atoms with E-state index in [0.29, 0.717) is 12.0 Å². The third-order valence-corrected chi connectivity index (χ3v) is 5.34. The van der Waals surface area contributed by atoms with Crippen LogP contribution in [0.1, 0.15) is 69.4 Å². The van der Waals surface area contributed by atoms with Crippen molar-refractivity contribution in [1.29, 1.82) is 0 Å². The Morgan fingerprint density at radius 3 is 2.24 bits per heavy atom. The fourth-order valence-corrected chi connectivity index (χ4v) is 3.34. The van der Waals surface area contributed by atoms with Crippen molar-refractivity contribution in [1.82, 2.24) is 5.32 Å². The predicted molar refractivity (Wildman–Crippen MR) is 108 cm³/mol. The number of amides is 1. The number of nitrogens with one attached hydrogen (secondary N) is 1. The Kier molecular flexibility index (Phi) is 5.57. The van der Waals surface area contributed by atoms with Crippen LogP contribution in [0.4, 0.5) is 0 Å². The molecule has 29 heavy (non-hydrogen) atoms. The molecule has 0 aromatic heterocycles. The van der Waals surface area contributed by atoms with E-state index in [9.17, 15) is 19.2 Å². The highest BCUT2D eigenvalue weighted by molar-refractivity contribution is 6.41. The number of benzene rings is 2. The van der Waals surface area contributed by atoms with E-state index >= 15 is 0 Å². The molecule has 1 aliphatic carbocycles. The standard InChI is InChI=1S/C22H20ClNO5/c1-4-22(2,3)24-16(25)11-29-21(28)15-10-9-14-17(18(15)23)20(27)13-8-6-5-7-12(13)19(14)26/h5-10H,4,11H2,1-3H3,(H,24,25). The van der Waals surface area contributed by atoms with Gasteiger partial charge in [0.05, 0.1) is 16.1 Å². The maximum absolute atomic E-state index is 12.9. The Hall–Kier alpha value is -2.99. The third kappa shape index (κ3) is 3.93. The highest BCUT2D eigenvalue weighted by Crippen LogP contribution is 2.34. The molecule has 0 unspecified atom stereocenters. The van der Waals surface area contributed by atoms with Crippen molar-refractivity contribution in [2.45, 2.75) is 32.7 Å². The van der Waals surface area contributed by atoms with Crippen molar-refractivity contribution >= 4 is 35.0 Å². The number of carbonyl (C=O) groups excluding carboxylic acids is 4. The second-order valence-corrected chi connectivity index (χ2v) is 7.79. The van der Waals surface area contributed by atoms with Crippen LogP contribution in [0, 0.1) is 0 Å². The number of rotatable bonds is 5. The van der Waals surface area contributed by atoms with Crippen molar-refractivity contribution in [2.75, 3.05) is 6.61 Å². The first-order valence-corrected chi connectivity index (χ1v) is 9.53. The number of ketones is 2. The van der Waals surface area contributed by atoms with E-state index in [1.807, 2.05) is 20.8 Å². The first kappa shape index (κ1) is 20.7. The smallest absolute Gasteiger partial charge is 0.340 e. The number of esters is 1. The summed E-state index contributed by atoms with van der Waals surface area (Å²) in [6, 6.07) is 9.15. The van der Waals surface area contributed by atoms with Crippen LogP contribution in [-0.4, -0.2) is 35.6 Å². The Labute approximate surface area is 173 Å². The van der Waals surface area contributed by atoms with Crippen molar-refractivity contribution in [2.24, 2.45) is 0 Å². The molecule has 2 aromatic rings. The molecule has 6 nitrogen and oxygen atoms in total. The summed E-state index contributed by atoms with van der Waals surface area (Å²) < 4.78 is 5.05. The first-order valence-electron chi connectivity index (χ1n) is 9.15. The van der Waals surface area contributed by atoms with Crippen molar-refractivity contribution < 1.29 is 23.9 Å². The number of halogens is 1. The lowest BCUT2D eigenvalue weighted by Gasteiger charge is -2.24. The van der Waals surface area contributed by atoms with Crippen LogP contribution < -0.4 is 5.32 Å². The Balaban J connectivity index is 1.84. The zero-order chi connectivity index (χ0) is 21.3. The monoisotopic (exact) mass is 413 g/mol. The number of ether oxygens (including phenoxy) is 1. The minimum atomic E-state index is -0.846. The van der Waals surface area contributed by atoms with E-state index in [1.54, 1.807) is 24.3 Å². The maximum Gasteiger partial charge on any atom is 0.340 e. The topological polar surface area (TPSA) is 89.5 Å². The first-order chi connectivity index (χ1) is 13.7. The molecule has 7 heteroatoms. The van der Waals surface area contributed by atoms with Crippen LogP contribution in [0.2, 0.25) is 5.02 Å². The normalized spacial score (nSPS) is 12.8. The lowest BCUT2D eigenvalue weighted by molar-refractivity contribution is -0.125. The number of hydrogen-bond donors (Lipinski definition) is 1. The molecule has 0 saturated carbocycles. The summed E-state index contributed by atoms with van der Waals surface area (Å²) in [7, 11) is 0. The van der Waals surface area contributed by atoms with E-state index < -0.39 is 29.8 Å². The van der Waals surface area contributed by atoms with E-state index in [-0.39, 0.29) is 33.1 Å². The summed E-state index contributed by atoms with van der Waals surface area (Å²) in [5.74, 6) is -2.06. The fraction of sp³-hybridized carbons (Fsp3) is 0.273. The quantitative estimate of drug-likeness (QED) is 0.646. The van der Waals surface area contributed by atoms with E-state index in [0.717, 1.165) is 0 Å². The molecule has 3 rings (SSSR count). The van der Waals surface area contributed by atoms with Crippen LogP contribution in [-0.2, 0) is 9.53 Å². The van der Waals surface area contributed by atoms with Crippen molar-refractivity contribution in [3.8, 4) is 0 Å². The minimum Gasteiger partial charge on any atom is -0.452 e. The molecule has 2 aromatic carbocycles. The van der Waals surface area contributed by atoms with Gasteiger partial charge in [-0.15, -0.1) is 0 Å². The summed E-state index contributed by atoms with van der Waals surface area (Å²) >= 11 is 6.32. The van der Waals surface area contributed by atoms with Crippen LogP contribution in [0.3, 0.4) is 0 Å². The van der Waals surface area contributed by atoms with Crippen LogP contribution >= 0.6 is 11.6 Å². The predicted octanol–water partition coefficient (Wildman–Crippen LogP) is 3.58. The molecule has 0 spiro atoms. The van der Waals surface area contributed by atoms with E-state index in [1.165, 1.54) is 12.1 Å². The van der Waals surface area contributed by atoms with Crippen molar-refractivity contribution in [3.63, 3.8) is 0 Å². The van der Waals surface area contributed by atoms with Gasteiger partial charge in [-0.05, 0) is 32.4 Å². The highest BCUT2D eigenvalue weighted by atomic mass is 35.5. The third-order valence-electron chi connectivity index (χ3n) is 4.95. The molecule has 1 amide bonds. The van der Waals surface area contributed by atoms with E-state index in [4.69, 9.17) is 16.3 Å². The Morgan fingerprint density at radius 2 is 1.62 bits per heavy atom. The summed E-state index contributed by atoms with van der Waals surface area (Å²) in [6.07, 6.45) is 0.709. The molecule has 1 N–H and O–H groups in total. The average Bonchev–Trinajstić information content (AvgIpc) is 2.69. The molecule has 0 aliphatic heterocycles. The summed E-state index contributed by atoms with van der Waals surface area (Å²) in [6.45, 7) is 5.15. The van der Waals surface area contributed by atoms with Gasteiger partial charge >= 0.3 is 5.97 Å². The molecule has 0 radical (unpaired) electrons. The Bertz CT molecular complexity index is 1040. The molecule has 150 valence electrons. The van der Waals surface area contributed by atoms with Crippen molar-refractivity contribution in [3.05, 3.63) is 69.2 Å². The second-order valence-electron chi connectivity index (χ2n) is 7.42. The molecular formula is C22H20ClNO5. The van der Waals surface area contributed by atoms with Gasteiger partial charge in [0.1, 0.15) is 0 Å². The average molecular weight is 414 g/mol. The SMILES string of the molecule is CCC(C)(C)NC(=O)COC(=O)c1ccc2c(c1Cl)C(=O)c1ccccc1C2=O. The molecular weight excluding hydrogens is 394 g/mol. The Morgan fingerprint density at radius 1 is 1.00 bits per heavy atom. The lowest BCUT2D eigenvalue weighted by atomic mass is 9.83. The van der Waals surface area contributed by atoms with Crippen LogP contribution in [0.5, 0.6) is 0 Å². The summed E-state index contributed by atoms with van der Waals surface area (Å²) in [4.78, 5) is 50.0. The zero-order valence-corrected chi connectivity index (χ0v) is 17.1. The zero-order valence-electron chi connectivity index (χ0n) is 16.3. The van der Waals surface area contributed by atoms with Gasteiger partial charge in [0.25, 0.3) is 5.91 Å². The largest absolute Gasteiger partial charge is 0.452 e. The van der Waals surface area contributed by atoms with Gasteiger partial charge in [0.2, 0.25) is 0 Å². The van der Waals surface area contributed by atoms with Gasteiger partial charge in [-0.1, -0.05) is 42.8 Å². The van der Waals surface area contributed by atoms with Crippen LogP contribution in [0.15, 0.2) is 36.4 Å². The second kappa shape index (κ2) is 7.79. The van der Waals surface area contributed by atoms with Gasteiger partial charge in [0.15, 0.2) is 18.2 Å². The number of hydrogen-bond acceptors (Lipinski definition) is 5. The summed E-state index contributed by atoms with van der Waals surface area (Å²) in [5, 5.41) is 2.60. The summed E-state index contributed by atoms with van der Waals surface area (Å²) in [5.41, 5.74) is 0.144. The maximum atomic E-state index is 12.9. The van der Waals surface area contributed by atoms with Crippen LogP contribution in [0.25, 0.3) is 0 Å². The van der Waals surface area contributed by atoms with Gasteiger partial charge in [-0.25, -0.2) is 4.79 Å². The molecule has 0 bridgehead atoms. The number of fused-ring (bicyclic) bond motifs is 2. The molecule has 0 fully saturated rings. The fourth-order valence-electron chi connectivity index (χ4n) is 3.01. The van der Waals surface area contributed by atoms with Gasteiger partial charge in [-0.3, -0.25) is 14.4 Å². The number of carbonyl (C=O) groups is 4. The van der Waals surface area contributed by atoms with Gasteiger partial charge in [-0.2, -0.15) is 0 Å². The van der Waals surface area contributed by atoms with Gasteiger partial charge < -0.3 is 10.1 Å². The highest BCUT2D eigenvalue weighted by Gasteiger charge is 2.33. The molecule has 1 aliphatic rings. The van der Waals surface area contributed by atoms with E-state index in [2.05, 4.69) is 5.32 Å². The lowest BCUT2D eigenvalue weighted by Crippen LogP contribution is -2.44. The molecule has 0 atom stereocenters. The molecule has 0 heterocycles. The van der Waals surface area contributed by atoms with Gasteiger partial charge in [0, 0.05) is 22.2 Å². The minimum absolute atomic E-state index is 0.0265. The molecule has 0 saturated heterocycles.